The molecule has 60 valence electrons. The second-order valence-electron chi connectivity index (χ2n) is 3.28. The van der Waals surface area contributed by atoms with E-state index in [4.69, 9.17) is 0 Å². The normalized spacial score (nSPS) is 21.6. The van der Waals surface area contributed by atoms with Gasteiger partial charge in [-0.25, -0.2) is 8.78 Å². The van der Waals surface area contributed by atoms with Crippen LogP contribution >= 0.6 is 0 Å². The van der Waals surface area contributed by atoms with Gasteiger partial charge in [-0.1, -0.05) is 6.92 Å². The van der Waals surface area contributed by atoms with Gasteiger partial charge in [0.2, 0.25) is 6.43 Å². The minimum absolute atomic E-state index is 0.0949. The highest BCUT2D eigenvalue weighted by Crippen LogP contribution is 2.38. The maximum atomic E-state index is 11.7. The molecule has 1 aliphatic rings. The van der Waals surface area contributed by atoms with E-state index in [-0.39, 0.29) is 6.42 Å². The van der Waals surface area contributed by atoms with Crippen molar-refractivity contribution in [3.05, 3.63) is 0 Å². The third kappa shape index (κ3) is 2.63. The highest BCUT2D eigenvalue weighted by atomic mass is 19.3. The van der Waals surface area contributed by atoms with Crippen molar-refractivity contribution in [3.63, 3.8) is 0 Å². The van der Waals surface area contributed by atoms with Crippen LogP contribution in [0.4, 0.5) is 8.78 Å². The predicted molar refractivity (Wildman–Crippen MR) is 37.1 cm³/mol. The van der Waals surface area contributed by atoms with Crippen molar-refractivity contribution >= 4 is 0 Å². The van der Waals surface area contributed by atoms with Gasteiger partial charge in [0.05, 0.1) is 0 Å². The lowest BCUT2D eigenvalue weighted by molar-refractivity contribution is 0.127. The maximum Gasteiger partial charge on any atom is 0.238 e. The summed E-state index contributed by atoms with van der Waals surface area (Å²) in [6.45, 7) is 2.08. The number of alkyl halides is 2. The molecular formula is C8H14F2. The standard InChI is InChI=1S/C8H14F2/c1-6(7-3-4-7)2-5-8(9)10/h6-8H,2-5H2,1H3. The van der Waals surface area contributed by atoms with E-state index in [1.54, 1.807) is 0 Å². The molecule has 0 aliphatic heterocycles. The van der Waals surface area contributed by atoms with Crippen molar-refractivity contribution < 1.29 is 8.78 Å². The summed E-state index contributed by atoms with van der Waals surface area (Å²) in [5.41, 5.74) is 0. The van der Waals surface area contributed by atoms with E-state index in [9.17, 15) is 8.78 Å². The summed E-state index contributed by atoms with van der Waals surface area (Å²) < 4.78 is 23.4. The molecule has 2 heteroatoms. The summed E-state index contributed by atoms with van der Waals surface area (Å²) in [5, 5.41) is 0. The van der Waals surface area contributed by atoms with Gasteiger partial charge in [0.15, 0.2) is 0 Å². The summed E-state index contributed by atoms with van der Waals surface area (Å²) in [4.78, 5) is 0. The molecule has 0 saturated heterocycles. The first kappa shape index (κ1) is 7.96. The monoisotopic (exact) mass is 148 g/mol. The summed E-state index contributed by atoms with van der Waals surface area (Å²) in [5.74, 6) is 1.31. The Morgan fingerprint density at radius 1 is 1.30 bits per heavy atom. The van der Waals surface area contributed by atoms with Crippen molar-refractivity contribution in [1.29, 1.82) is 0 Å². The first-order valence-electron chi connectivity index (χ1n) is 3.98. The van der Waals surface area contributed by atoms with E-state index in [1.165, 1.54) is 12.8 Å². The van der Waals surface area contributed by atoms with E-state index < -0.39 is 6.43 Å². The van der Waals surface area contributed by atoms with Gasteiger partial charge in [0.1, 0.15) is 0 Å². The molecule has 0 aromatic rings. The minimum atomic E-state index is -2.10. The van der Waals surface area contributed by atoms with Crippen molar-refractivity contribution in [2.75, 3.05) is 0 Å². The smallest absolute Gasteiger partial charge is 0.211 e. The van der Waals surface area contributed by atoms with Crippen molar-refractivity contribution in [2.45, 2.75) is 39.0 Å². The quantitative estimate of drug-likeness (QED) is 0.574. The minimum Gasteiger partial charge on any atom is -0.211 e. The lowest BCUT2D eigenvalue weighted by atomic mass is 10.0. The van der Waals surface area contributed by atoms with Gasteiger partial charge in [-0.2, -0.15) is 0 Å². The fraction of sp³-hybridized carbons (Fsp3) is 1.00. The number of hydrogen-bond acceptors (Lipinski definition) is 0. The van der Waals surface area contributed by atoms with Gasteiger partial charge in [-0.15, -0.1) is 0 Å². The highest BCUT2D eigenvalue weighted by Gasteiger charge is 2.27. The lowest BCUT2D eigenvalue weighted by Crippen LogP contribution is -2.00. The fourth-order valence-corrected chi connectivity index (χ4v) is 1.29. The van der Waals surface area contributed by atoms with E-state index in [2.05, 4.69) is 6.92 Å². The molecule has 0 heterocycles. The SMILES string of the molecule is CC(CCC(F)F)C1CC1. The molecule has 0 bridgehead atoms. The Labute approximate surface area is 60.6 Å². The molecule has 1 unspecified atom stereocenters. The zero-order valence-electron chi connectivity index (χ0n) is 6.32. The molecular weight excluding hydrogens is 134 g/mol. The molecule has 10 heavy (non-hydrogen) atoms. The molecule has 0 amide bonds. The predicted octanol–water partition coefficient (Wildman–Crippen LogP) is 3.08. The summed E-state index contributed by atoms with van der Waals surface area (Å²) in [7, 11) is 0. The van der Waals surface area contributed by atoms with Gasteiger partial charge in [-0.3, -0.25) is 0 Å². The fourth-order valence-electron chi connectivity index (χ4n) is 1.29. The molecule has 0 spiro atoms. The van der Waals surface area contributed by atoms with Crippen LogP contribution in [-0.4, -0.2) is 6.43 Å². The lowest BCUT2D eigenvalue weighted by Gasteiger charge is -2.07. The summed E-state index contributed by atoms with van der Waals surface area (Å²) >= 11 is 0. The van der Waals surface area contributed by atoms with Crippen LogP contribution < -0.4 is 0 Å². The third-order valence-corrected chi connectivity index (χ3v) is 2.27. The van der Waals surface area contributed by atoms with Crippen LogP contribution in [0.2, 0.25) is 0 Å². The first-order valence-corrected chi connectivity index (χ1v) is 3.98. The van der Waals surface area contributed by atoms with Gasteiger partial charge < -0.3 is 0 Å². The van der Waals surface area contributed by atoms with Gasteiger partial charge in [0.25, 0.3) is 0 Å². The van der Waals surface area contributed by atoms with E-state index in [0.29, 0.717) is 12.3 Å². The molecule has 1 saturated carbocycles. The Morgan fingerprint density at radius 3 is 2.30 bits per heavy atom. The van der Waals surface area contributed by atoms with Crippen molar-refractivity contribution in [3.8, 4) is 0 Å². The molecule has 0 nitrogen and oxygen atoms in total. The molecule has 0 N–H and O–H groups in total. The molecule has 0 aromatic carbocycles. The van der Waals surface area contributed by atoms with Crippen molar-refractivity contribution in [2.24, 2.45) is 11.8 Å². The van der Waals surface area contributed by atoms with E-state index in [0.717, 1.165) is 5.92 Å². The second kappa shape index (κ2) is 3.31. The Morgan fingerprint density at radius 2 is 1.90 bits per heavy atom. The van der Waals surface area contributed by atoms with Crippen LogP contribution in [0.15, 0.2) is 0 Å². The maximum absolute atomic E-state index is 11.7. The summed E-state index contributed by atoms with van der Waals surface area (Å²) in [6.07, 6.45) is 1.25. The van der Waals surface area contributed by atoms with Crippen molar-refractivity contribution in [1.82, 2.24) is 0 Å². The van der Waals surface area contributed by atoms with Crippen LogP contribution in [0, 0.1) is 11.8 Å². The van der Waals surface area contributed by atoms with Gasteiger partial charge in [-0.05, 0) is 31.1 Å². The molecule has 1 fully saturated rings. The largest absolute Gasteiger partial charge is 0.238 e. The summed E-state index contributed by atoms with van der Waals surface area (Å²) in [6, 6.07) is 0. The van der Waals surface area contributed by atoms with Crippen LogP contribution in [0.5, 0.6) is 0 Å². The van der Waals surface area contributed by atoms with Gasteiger partial charge in [0, 0.05) is 6.42 Å². The molecule has 0 radical (unpaired) electrons. The molecule has 1 atom stereocenters. The highest BCUT2D eigenvalue weighted by molar-refractivity contribution is 4.78. The van der Waals surface area contributed by atoms with E-state index >= 15 is 0 Å². The zero-order chi connectivity index (χ0) is 7.56. The molecule has 0 aromatic heterocycles. The van der Waals surface area contributed by atoms with E-state index in [1.807, 2.05) is 0 Å². The van der Waals surface area contributed by atoms with Crippen LogP contribution in [0.25, 0.3) is 0 Å². The Bertz CT molecular complexity index is 97.4. The number of halogens is 2. The molecule has 1 aliphatic carbocycles. The van der Waals surface area contributed by atoms with Gasteiger partial charge >= 0.3 is 0 Å². The Balaban J connectivity index is 2.00. The zero-order valence-corrected chi connectivity index (χ0v) is 6.32. The topological polar surface area (TPSA) is 0 Å². The number of hydrogen-bond donors (Lipinski definition) is 0. The van der Waals surface area contributed by atoms with Crippen LogP contribution in [0.3, 0.4) is 0 Å². The average Bonchev–Trinajstić information content (AvgIpc) is 2.63. The molecule has 1 rings (SSSR count). The Kier molecular flexibility index (Phi) is 2.64. The number of rotatable bonds is 4. The third-order valence-electron chi connectivity index (χ3n) is 2.27. The Hall–Kier alpha value is -0.140. The first-order chi connectivity index (χ1) is 4.70. The van der Waals surface area contributed by atoms with Crippen LogP contribution in [-0.2, 0) is 0 Å². The second-order valence-corrected chi connectivity index (χ2v) is 3.28. The average molecular weight is 148 g/mol. The van der Waals surface area contributed by atoms with Crippen LogP contribution in [0.1, 0.15) is 32.6 Å².